The van der Waals surface area contributed by atoms with Gasteiger partial charge in [-0.05, 0) is 25.7 Å². The SMILES string of the molecule is CCCCCCCCCCCCCCCCCCN1C=CN(CCCC)C1CCCC. The number of unbranched alkanes of at least 4 members (excludes halogenated alkanes) is 17. The molecule has 1 unspecified atom stereocenters. The van der Waals surface area contributed by atoms with Crippen molar-refractivity contribution in [2.24, 2.45) is 0 Å². The van der Waals surface area contributed by atoms with E-state index in [4.69, 9.17) is 0 Å². The predicted molar refractivity (Wildman–Crippen MR) is 140 cm³/mol. The molecule has 0 amide bonds. The molecule has 1 rings (SSSR count). The summed E-state index contributed by atoms with van der Waals surface area (Å²) in [5.74, 6) is 0. The molecule has 0 radical (unpaired) electrons. The monoisotopic (exact) mass is 434 g/mol. The van der Waals surface area contributed by atoms with Gasteiger partial charge in [0.2, 0.25) is 0 Å². The normalized spacial score (nSPS) is 16.0. The molecule has 1 aliphatic heterocycles. The smallest absolute Gasteiger partial charge is 0.101 e. The van der Waals surface area contributed by atoms with E-state index in [2.05, 4.69) is 43.0 Å². The highest BCUT2D eigenvalue weighted by molar-refractivity contribution is 4.96. The first-order chi connectivity index (χ1) is 15.3. The van der Waals surface area contributed by atoms with Crippen LogP contribution >= 0.6 is 0 Å². The van der Waals surface area contributed by atoms with E-state index < -0.39 is 0 Å². The molecular formula is C29H58N2. The standard InChI is InChI=1S/C29H58N2/c1-4-7-10-11-12-13-14-15-16-17-18-19-20-21-22-23-26-31-28-27-30(25-9-6-3)29(31)24-8-5-2/h27-29H,4-26H2,1-3H3. The summed E-state index contributed by atoms with van der Waals surface area (Å²) in [5.41, 5.74) is 0. The fourth-order valence-corrected chi connectivity index (χ4v) is 4.91. The average Bonchev–Trinajstić information content (AvgIpc) is 3.17. The number of rotatable bonds is 23. The lowest BCUT2D eigenvalue weighted by Crippen LogP contribution is -2.39. The molecule has 1 atom stereocenters. The predicted octanol–water partition coefficient (Wildman–Crippen LogP) is 9.65. The van der Waals surface area contributed by atoms with Gasteiger partial charge >= 0.3 is 0 Å². The highest BCUT2D eigenvalue weighted by Gasteiger charge is 2.24. The molecule has 2 heteroatoms. The van der Waals surface area contributed by atoms with E-state index in [0.717, 1.165) is 0 Å². The maximum Gasteiger partial charge on any atom is 0.101 e. The summed E-state index contributed by atoms with van der Waals surface area (Å²) in [4.78, 5) is 5.24. The molecule has 0 bridgehead atoms. The second kappa shape index (κ2) is 21.2. The Morgan fingerprint density at radius 1 is 0.419 bits per heavy atom. The van der Waals surface area contributed by atoms with Gasteiger partial charge in [0.15, 0.2) is 0 Å². The van der Waals surface area contributed by atoms with E-state index in [1.54, 1.807) is 0 Å². The van der Waals surface area contributed by atoms with Crippen LogP contribution in [0.5, 0.6) is 0 Å². The minimum Gasteiger partial charge on any atom is -0.356 e. The lowest BCUT2D eigenvalue weighted by molar-refractivity contribution is 0.137. The van der Waals surface area contributed by atoms with Crippen LogP contribution in [0.1, 0.15) is 156 Å². The summed E-state index contributed by atoms with van der Waals surface area (Å²) >= 11 is 0. The third-order valence-corrected chi connectivity index (χ3v) is 7.07. The van der Waals surface area contributed by atoms with Gasteiger partial charge in [-0.25, -0.2) is 0 Å². The Balaban J connectivity index is 1.92. The van der Waals surface area contributed by atoms with E-state index in [0.29, 0.717) is 6.17 Å². The van der Waals surface area contributed by atoms with Gasteiger partial charge < -0.3 is 9.80 Å². The van der Waals surface area contributed by atoms with Crippen LogP contribution in [0.25, 0.3) is 0 Å². The fraction of sp³-hybridized carbons (Fsp3) is 0.931. The zero-order valence-corrected chi connectivity index (χ0v) is 21.9. The zero-order chi connectivity index (χ0) is 22.4. The number of hydrogen-bond donors (Lipinski definition) is 0. The third kappa shape index (κ3) is 14.9. The first-order valence-electron chi connectivity index (χ1n) is 14.5. The molecule has 0 aromatic heterocycles. The van der Waals surface area contributed by atoms with Crippen molar-refractivity contribution in [2.45, 2.75) is 162 Å². The average molecular weight is 435 g/mol. The third-order valence-electron chi connectivity index (χ3n) is 7.07. The van der Waals surface area contributed by atoms with Gasteiger partial charge in [-0.1, -0.05) is 130 Å². The molecule has 0 aromatic rings. The molecule has 0 aromatic carbocycles. The molecule has 0 saturated heterocycles. The van der Waals surface area contributed by atoms with Crippen LogP contribution < -0.4 is 0 Å². The lowest BCUT2D eigenvalue weighted by Gasteiger charge is -2.33. The summed E-state index contributed by atoms with van der Waals surface area (Å²) < 4.78 is 0. The Kier molecular flexibility index (Phi) is 19.4. The quantitative estimate of drug-likeness (QED) is 0.148. The van der Waals surface area contributed by atoms with E-state index >= 15 is 0 Å². The van der Waals surface area contributed by atoms with Gasteiger partial charge in [0, 0.05) is 25.5 Å². The van der Waals surface area contributed by atoms with Gasteiger partial charge in [0.05, 0.1) is 0 Å². The number of hydrogen-bond acceptors (Lipinski definition) is 2. The highest BCUT2D eigenvalue weighted by atomic mass is 15.4. The van der Waals surface area contributed by atoms with Crippen molar-refractivity contribution in [1.82, 2.24) is 9.80 Å². The molecule has 1 heterocycles. The van der Waals surface area contributed by atoms with Crippen LogP contribution in [-0.2, 0) is 0 Å². The molecule has 0 N–H and O–H groups in total. The van der Waals surface area contributed by atoms with Crippen molar-refractivity contribution in [3.8, 4) is 0 Å². The Morgan fingerprint density at radius 3 is 1.19 bits per heavy atom. The summed E-state index contributed by atoms with van der Waals surface area (Å²) in [7, 11) is 0. The summed E-state index contributed by atoms with van der Waals surface area (Å²) in [5, 5.41) is 0. The van der Waals surface area contributed by atoms with Crippen LogP contribution in [-0.4, -0.2) is 29.1 Å². The highest BCUT2D eigenvalue weighted by Crippen LogP contribution is 2.22. The van der Waals surface area contributed by atoms with E-state index in [1.807, 2.05) is 0 Å². The second-order valence-corrected chi connectivity index (χ2v) is 10.1. The van der Waals surface area contributed by atoms with Crippen molar-refractivity contribution in [3.63, 3.8) is 0 Å². The lowest BCUT2D eigenvalue weighted by atomic mass is 10.0. The van der Waals surface area contributed by atoms with E-state index in [9.17, 15) is 0 Å². The summed E-state index contributed by atoms with van der Waals surface area (Å²) in [6.07, 6.45) is 35.2. The van der Waals surface area contributed by atoms with Crippen LogP contribution in [0.2, 0.25) is 0 Å². The van der Waals surface area contributed by atoms with Gasteiger partial charge in [0.1, 0.15) is 6.17 Å². The Labute approximate surface area is 197 Å². The molecule has 0 spiro atoms. The van der Waals surface area contributed by atoms with Gasteiger partial charge in [-0.3, -0.25) is 0 Å². The van der Waals surface area contributed by atoms with Crippen LogP contribution in [0.4, 0.5) is 0 Å². The summed E-state index contributed by atoms with van der Waals surface area (Å²) in [6, 6.07) is 0. The Morgan fingerprint density at radius 2 is 0.774 bits per heavy atom. The second-order valence-electron chi connectivity index (χ2n) is 10.1. The van der Waals surface area contributed by atoms with Crippen molar-refractivity contribution < 1.29 is 0 Å². The fourth-order valence-electron chi connectivity index (χ4n) is 4.91. The minimum atomic E-state index is 0.642. The first kappa shape index (κ1) is 28.4. The topological polar surface area (TPSA) is 6.48 Å². The largest absolute Gasteiger partial charge is 0.356 e. The molecule has 31 heavy (non-hydrogen) atoms. The maximum atomic E-state index is 2.63. The van der Waals surface area contributed by atoms with E-state index in [1.165, 1.54) is 148 Å². The molecular weight excluding hydrogens is 376 g/mol. The van der Waals surface area contributed by atoms with Crippen LogP contribution in [0.3, 0.4) is 0 Å². The van der Waals surface area contributed by atoms with Crippen molar-refractivity contribution >= 4 is 0 Å². The first-order valence-corrected chi connectivity index (χ1v) is 14.5. The Bertz CT molecular complexity index is 392. The molecule has 0 fully saturated rings. The van der Waals surface area contributed by atoms with Crippen molar-refractivity contribution in [3.05, 3.63) is 12.4 Å². The van der Waals surface area contributed by atoms with Crippen LogP contribution in [0.15, 0.2) is 12.4 Å². The molecule has 1 aliphatic rings. The van der Waals surface area contributed by atoms with Crippen molar-refractivity contribution in [2.75, 3.05) is 13.1 Å². The maximum absolute atomic E-state index is 2.63. The molecule has 2 nitrogen and oxygen atoms in total. The van der Waals surface area contributed by atoms with Gasteiger partial charge in [-0.2, -0.15) is 0 Å². The minimum absolute atomic E-state index is 0.642. The van der Waals surface area contributed by atoms with Crippen molar-refractivity contribution in [1.29, 1.82) is 0 Å². The molecule has 0 aliphatic carbocycles. The zero-order valence-electron chi connectivity index (χ0n) is 21.9. The number of nitrogens with zero attached hydrogens (tertiary/aromatic N) is 2. The molecule has 0 saturated carbocycles. The Hall–Kier alpha value is -0.660. The molecule has 184 valence electrons. The van der Waals surface area contributed by atoms with Gasteiger partial charge in [0.25, 0.3) is 0 Å². The van der Waals surface area contributed by atoms with Gasteiger partial charge in [-0.15, -0.1) is 0 Å². The van der Waals surface area contributed by atoms with Crippen LogP contribution in [0, 0.1) is 0 Å². The van der Waals surface area contributed by atoms with E-state index in [-0.39, 0.29) is 0 Å². The summed E-state index contributed by atoms with van der Waals surface area (Å²) in [6.45, 7) is 9.41.